The smallest absolute Gasteiger partial charge is 0.345 e. The normalized spacial score (nSPS) is 10.4. The van der Waals surface area contributed by atoms with E-state index in [0.29, 0.717) is 98.0 Å². The van der Waals surface area contributed by atoms with Crippen molar-refractivity contribution in [3.63, 3.8) is 0 Å². The third-order valence-electron chi connectivity index (χ3n) is 17.2. The van der Waals surface area contributed by atoms with Crippen molar-refractivity contribution in [2.45, 2.75) is 66.6 Å². The average Bonchev–Trinajstić information content (AvgIpc) is 1.68. The van der Waals surface area contributed by atoms with Crippen LogP contribution in [0.2, 0.25) is 0 Å². The van der Waals surface area contributed by atoms with Gasteiger partial charge in [-0.15, -0.1) is 51.0 Å². The van der Waals surface area contributed by atoms with Gasteiger partial charge in [-0.3, -0.25) is 14.4 Å². The van der Waals surface area contributed by atoms with E-state index in [0.717, 1.165) is 24.9 Å². The summed E-state index contributed by atoms with van der Waals surface area (Å²) >= 11 is 18.5. The van der Waals surface area contributed by atoms with Crippen LogP contribution in [-0.2, 0) is 14.0 Å². The summed E-state index contributed by atoms with van der Waals surface area (Å²) in [7, 11) is 14.5. The maximum absolute atomic E-state index is 12.9. The maximum Gasteiger partial charge on any atom is 0.345 e. The molecule has 0 saturated carbocycles. The highest BCUT2D eigenvalue weighted by molar-refractivity contribution is 9.11. The number of hydrogen-bond acceptors (Lipinski definition) is 32. The number of carbonyl (C=O) groups is 5. The molecular formula is C83H79Br4Cl3FN31O13S. The molecule has 136 heavy (non-hydrogen) atoms. The molecule has 706 valence electrons. The molecule has 0 aliphatic rings. The number of carbonyl (C=O) groups excluding carboxylic acids is 4. The van der Waals surface area contributed by atoms with Crippen LogP contribution in [-0.4, -0.2) is 214 Å². The van der Waals surface area contributed by atoms with Crippen LogP contribution in [0.15, 0.2) is 214 Å². The summed E-state index contributed by atoms with van der Waals surface area (Å²) in [5.41, 5.74) is 8.93. The number of aromatic nitrogens is 27. The second-order valence-corrected chi connectivity index (χ2v) is 33.7. The van der Waals surface area contributed by atoms with Gasteiger partial charge in [0.15, 0.2) is 40.6 Å². The number of rotatable bonds is 23. The predicted octanol–water partition coefficient (Wildman–Crippen LogP) is 16.1. The zero-order valence-electron chi connectivity index (χ0n) is 73.3. The minimum atomic E-state index is -1.67. The number of esters is 1. The number of nitrogens with two attached hydrogens (primary N) is 1. The topological polar surface area (TPSA) is 528 Å². The average molecular weight is 2200 g/mol. The maximum atomic E-state index is 12.9. The summed E-state index contributed by atoms with van der Waals surface area (Å²) in [4.78, 5) is 95.7. The first-order chi connectivity index (χ1) is 65.2. The Kier molecular flexibility index (Phi) is 39.9. The Morgan fingerprint density at radius 1 is 0.515 bits per heavy atom. The lowest BCUT2D eigenvalue weighted by Crippen LogP contribution is -2.14. The fourth-order valence-electron chi connectivity index (χ4n) is 11.0. The molecule has 53 heteroatoms. The molecule has 0 unspecified atom stereocenters. The molecule has 0 radical (unpaired) electrons. The van der Waals surface area contributed by atoms with Crippen molar-refractivity contribution in [3.05, 3.63) is 259 Å². The van der Waals surface area contributed by atoms with E-state index in [-0.39, 0.29) is 57.9 Å². The first kappa shape index (κ1) is 105. The van der Waals surface area contributed by atoms with Crippen molar-refractivity contribution in [2.24, 2.45) is 0 Å². The quantitative estimate of drug-likeness (QED) is 0.0172. The Morgan fingerprint density at radius 3 is 1.21 bits per heavy atom. The Morgan fingerprint density at radius 2 is 0.875 bits per heavy atom. The molecule has 6 N–H and O–H groups in total. The number of hydrogen-bond donors (Lipinski definition) is 5. The zero-order valence-corrected chi connectivity index (χ0v) is 82.8. The molecule has 0 aliphatic heterocycles. The number of carboxylic acid groups (broad SMARTS) is 1. The van der Waals surface area contributed by atoms with Gasteiger partial charge in [0.2, 0.25) is 44.6 Å². The minimum absolute atomic E-state index is 0.00530. The van der Waals surface area contributed by atoms with Gasteiger partial charge in [-0.1, -0.05) is 81.9 Å². The Hall–Kier alpha value is -14.6. The molecule has 0 fully saturated rings. The second kappa shape index (κ2) is 51.6. The summed E-state index contributed by atoms with van der Waals surface area (Å²) in [6, 6.07) is 33.4. The Labute approximate surface area is 823 Å². The van der Waals surface area contributed by atoms with E-state index in [1.54, 1.807) is 142 Å². The number of H-pyrrole nitrogens is 1. The van der Waals surface area contributed by atoms with E-state index in [9.17, 15) is 28.4 Å². The van der Waals surface area contributed by atoms with E-state index in [4.69, 9.17) is 61.6 Å². The molecule has 0 aliphatic carbocycles. The number of methoxy groups -OCH3 is 5. The van der Waals surface area contributed by atoms with Crippen molar-refractivity contribution < 1.29 is 66.1 Å². The summed E-state index contributed by atoms with van der Waals surface area (Å²) in [5, 5.41) is 60.8. The van der Waals surface area contributed by atoms with Crippen molar-refractivity contribution in [3.8, 4) is 87.2 Å². The van der Waals surface area contributed by atoms with Crippen molar-refractivity contribution >= 4 is 158 Å². The number of carboxylic acids is 1. The molecular weight excluding hydrogens is 2120 g/mol. The molecule has 16 heterocycles. The highest BCUT2D eigenvalue weighted by atomic mass is 79.9. The minimum Gasteiger partial charge on any atom is -0.481 e. The molecule has 16 rings (SSSR count). The molecule has 0 bridgehead atoms. The van der Waals surface area contributed by atoms with E-state index >= 15 is 0 Å². The number of aromatic amines is 1. The van der Waals surface area contributed by atoms with Crippen LogP contribution in [0.4, 0.5) is 27.5 Å². The standard InChI is InChI=1S/C21H19N9O2.C20H19BrN8O2.C10H7BrClN3O2.C10H8BrN3O3.C10H13N5.C7H10N2O3.C5H3BrFN.Cl2OS/c1-13(2)29-12-24-27-19(29)16-6-5-7-17(25-16)26-20(31)15-11-30(28-21(15)32-4)18-10-14(22-3)8-9-23-18;1-12(2)28-11-23-26-18(28)15-5-4-6-16(24-15)25-19(30)14-10-29(27-20(14)31-3)17-9-13(21)7-8-22-17;1-17-10-7(9(12)16)5-15(14-10)8-4-6(11)2-3-13-8;1-17-9-7(10(15)16)5-14(13-9)8-4-6(11)2-3-12-8;1-7(2)15-6-12-14-10(15)8-4-3-5-9(11)13-8;1-3-12-7(10)5-4-8-9-6(5)11-2;6-4-1-2-8-5(7)3-4;1-4(2)3/h5-13H,1-2,4H3,(H,25,26,31);4-12H,1-3H3,(H,24,25,30);2-5H,1H3;2-5H,1H3,(H,15,16);3-7H,1-2H3,(H2,11,13);4H,3H2,1-2H3,(H,8,9);1-3H;. The summed E-state index contributed by atoms with van der Waals surface area (Å²) in [6.07, 6.45) is 20.0. The van der Waals surface area contributed by atoms with Gasteiger partial charge < -0.3 is 63.6 Å². The van der Waals surface area contributed by atoms with Crippen LogP contribution < -0.4 is 40.1 Å². The van der Waals surface area contributed by atoms with Gasteiger partial charge in [-0.05, 0) is 151 Å². The van der Waals surface area contributed by atoms with Gasteiger partial charge in [0.05, 0.1) is 61.1 Å². The van der Waals surface area contributed by atoms with Crippen molar-refractivity contribution in [1.29, 1.82) is 0 Å². The number of nitrogens with one attached hydrogen (secondary N) is 3. The SMILES string of the molecule is CC(C)n1cnnc1-c1cccc(N)n1.CCOC(=O)c1cn[nH]c1OC.COc1nn(-c2cc(Br)ccn2)cc1C(=O)Cl.COc1nn(-c2cc(Br)ccn2)cc1C(=O)Nc1cccc(-c2nncn2C(C)C)n1.COc1nn(-c2cc(Br)ccn2)cc1C(=O)O.Fc1cc(Br)ccn1.O=S(Cl)Cl.[C-]#[N+]c1ccnc(-n2cc(C(=O)Nc3cccc(-c4nncn4C(C)C)n3)c(OC)n2)c1. The summed E-state index contributed by atoms with van der Waals surface area (Å²) < 4.78 is 65.7. The van der Waals surface area contributed by atoms with Crippen LogP contribution >= 0.6 is 96.7 Å². The van der Waals surface area contributed by atoms with Crippen LogP contribution in [0.1, 0.15) is 118 Å². The number of anilines is 3. The van der Waals surface area contributed by atoms with Crippen LogP contribution in [0, 0.1) is 12.5 Å². The lowest BCUT2D eigenvalue weighted by atomic mass is 10.3. The van der Waals surface area contributed by atoms with Crippen LogP contribution in [0.3, 0.4) is 0 Å². The second-order valence-electron chi connectivity index (χ2n) is 27.2. The largest absolute Gasteiger partial charge is 0.481 e. The highest BCUT2D eigenvalue weighted by Gasteiger charge is 2.25. The number of nitrogen functional groups attached to an aromatic ring is 1. The van der Waals surface area contributed by atoms with Crippen LogP contribution in [0.5, 0.6) is 29.4 Å². The van der Waals surface area contributed by atoms with E-state index < -0.39 is 44.2 Å². The monoisotopic (exact) mass is 2190 g/mol. The molecule has 44 nitrogen and oxygen atoms in total. The molecule has 0 saturated heterocycles. The molecule has 0 aromatic carbocycles. The third-order valence-corrected chi connectivity index (χ3v) is 19.3. The lowest BCUT2D eigenvalue weighted by Gasteiger charge is -2.10. The summed E-state index contributed by atoms with van der Waals surface area (Å²) in [5.74, 6) is 3.18. The number of ether oxygens (including phenoxy) is 6. The first-order valence-electron chi connectivity index (χ1n) is 39.1. The lowest BCUT2D eigenvalue weighted by molar-refractivity contribution is 0.0521. The van der Waals surface area contributed by atoms with E-state index in [1.807, 2.05) is 59.6 Å². The number of halogens is 8. The first-order valence-corrected chi connectivity index (χ1v) is 45.5. The molecule has 16 aromatic rings. The predicted molar refractivity (Wildman–Crippen MR) is 512 cm³/mol. The fourth-order valence-corrected chi connectivity index (χ4v) is 12.4. The number of pyridine rings is 8. The van der Waals surface area contributed by atoms with Crippen molar-refractivity contribution in [2.75, 3.05) is 58.5 Å². The van der Waals surface area contributed by atoms with E-state index in [2.05, 4.69) is 215 Å². The Balaban J connectivity index is 0.000000184. The Bertz CT molecular complexity index is 6700. The zero-order chi connectivity index (χ0) is 98.8. The molecule has 0 atom stereocenters. The number of amides is 2. The van der Waals surface area contributed by atoms with Gasteiger partial charge in [-0.25, -0.2) is 82.3 Å². The van der Waals surface area contributed by atoms with Gasteiger partial charge in [0.1, 0.15) is 87.2 Å². The molecule has 16 aromatic heterocycles. The van der Waals surface area contributed by atoms with Gasteiger partial charge in [0, 0.05) is 113 Å². The fraction of sp³-hybridized carbons (Fsp3) is 0.193. The third kappa shape index (κ3) is 29.9. The highest BCUT2D eigenvalue weighted by Crippen LogP contribution is 2.30. The molecule has 2 amide bonds. The van der Waals surface area contributed by atoms with Gasteiger partial charge in [0.25, 0.3) is 17.1 Å². The number of aromatic carboxylic acids is 1. The van der Waals surface area contributed by atoms with Crippen molar-refractivity contribution in [1.82, 2.24) is 133 Å². The van der Waals surface area contributed by atoms with Crippen LogP contribution in [0.25, 0.3) is 62.7 Å². The van der Waals surface area contributed by atoms with Gasteiger partial charge in [-0.2, -0.15) is 9.49 Å². The summed E-state index contributed by atoms with van der Waals surface area (Å²) in [6.45, 7) is 21.5. The van der Waals surface area contributed by atoms with E-state index in [1.165, 1.54) is 97.5 Å². The van der Waals surface area contributed by atoms with Gasteiger partial charge >= 0.3 is 11.9 Å². The molecule has 0 spiro atoms. The number of nitrogens with zero attached hydrogens (tertiary/aromatic N) is 27.